The fourth-order valence-corrected chi connectivity index (χ4v) is 1.39. The Morgan fingerprint density at radius 1 is 1.47 bits per heavy atom. The molecule has 1 aromatic heterocycles. The highest BCUT2D eigenvalue weighted by atomic mass is 16.5. The van der Waals surface area contributed by atoms with Gasteiger partial charge in [-0.3, -0.25) is 4.79 Å². The third kappa shape index (κ3) is 2.95. The zero-order valence-corrected chi connectivity index (χ0v) is 10.1. The van der Waals surface area contributed by atoms with Crippen LogP contribution in [0.2, 0.25) is 0 Å². The molecule has 0 radical (unpaired) electrons. The molecule has 0 aliphatic carbocycles. The van der Waals surface area contributed by atoms with Crippen LogP contribution < -0.4 is 4.74 Å². The summed E-state index contributed by atoms with van der Waals surface area (Å²) in [6.07, 6.45) is 0.699. The fraction of sp³-hybridized carbons (Fsp3) is 0.167. The Hall–Kier alpha value is -2.70. The summed E-state index contributed by atoms with van der Waals surface area (Å²) in [6, 6.07) is 6.47. The number of rotatable bonds is 5. The van der Waals surface area contributed by atoms with Crippen molar-refractivity contribution in [1.82, 2.24) is 15.4 Å². The van der Waals surface area contributed by atoms with Gasteiger partial charge in [0.15, 0.2) is 0 Å². The first-order valence-electron chi connectivity index (χ1n) is 5.56. The van der Waals surface area contributed by atoms with Gasteiger partial charge in [-0.15, -0.1) is 5.10 Å². The third-order valence-corrected chi connectivity index (χ3v) is 2.20. The van der Waals surface area contributed by atoms with Crippen LogP contribution in [0.5, 0.6) is 11.6 Å². The van der Waals surface area contributed by atoms with Crippen LogP contribution in [-0.2, 0) is 4.74 Å². The summed E-state index contributed by atoms with van der Waals surface area (Å²) < 4.78 is 10.2. The molecule has 0 saturated carbocycles. The van der Waals surface area contributed by atoms with Gasteiger partial charge in [0, 0.05) is 5.56 Å². The van der Waals surface area contributed by atoms with E-state index in [-0.39, 0.29) is 18.2 Å². The van der Waals surface area contributed by atoms with E-state index < -0.39 is 5.97 Å². The highest BCUT2D eigenvalue weighted by Crippen LogP contribution is 2.22. The van der Waals surface area contributed by atoms with Crippen molar-refractivity contribution in [3.05, 3.63) is 35.5 Å². The number of ether oxygens (including phenoxy) is 2. The molecule has 7 heteroatoms. The van der Waals surface area contributed by atoms with E-state index in [9.17, 15) is 9.59 Å². The number of hydrogen-bond acceptors (Lipinski definition) is 6. The molecule has 0 amide bonds. The number of aromatic amines is 1. The van der Waals surface area contributed by atoms with Crippen LogP contribution in [0, 0.1) is 0 Å². The number of aromatic nitrogens is 3. The number of H-pyrrole nitrogens is 1. The summed E-state index contributed by atoms with van der Waals surface area (Å²) in [4.78, 5) is 22.2. The molecule has 98 valence electrons. The van der Waals surface area contributed by atoms with Crippen LogP contribution in [0.15, 0.2) is 24.3 Å². The molecule has 0 atom stereocenters. The lowest BCUT2D eigenvalue weighted by Crippen LogP contribution is -2.06. The Morgan fingerprint density at radius 3 is 3.05 bits per heavy atom. The van der Waals surface area contributed by atoms with E-state index in [0.717, 1.165) is 0 Å². The number of esters is 1. The number of nitrogens with zero attached hydrogens (tertiary/aromatic N) is 2. The minimum Gasteiger partial charge on any atom is -0.461 e. The van der Waals surface area contributed by atoms with E-state index in [0.29, 0.717) is 17.6 Å². The second kappa shape index (κ2) is 5.76. The topological polar surface area (TPSA) is 94.2 Å². The first kappa shape index (κ1) is 12.7. The third-order valence-electron chi connectivity index (χ3n) is 2.20. The molecule has 0 aliphatic rings. The molecule has 1 aromatic carbocycles. The van der Waals surface area contributed by atoms with Crippen molar-refractivity contribution in [2.45, 2.75) is 6.92 Å². The molecular weight excluding hydrogens is 250 g/mol. The average Bonchev–Trinajstić information content (AvgIpc) is 2.87. The minimum atomic E-state index is -0.627. The summed E-state index contributed by atoms with van der Waals surface area (Å²) in [6.45, 7) is 1.91. The zero-order valence-electron chi connectivity index (χ0n) is 10.1. The Labute approximate surface area is 108 Å². The van der Waals surface area contributed by atoms with Crippen LogP contribution in [0.25, 0.3) is 0 Å². The van der Waals surface area contributed by atoms with E-state index in [4.69, 9.17) is 9.47 Å². The summed E-state index contributed by atoms with van der Waals surface area (Å²) in [7, 11) is 0. The Balaban J connectivity index is 2.21. The van der Waals surface area contributed by atoms with Crippen LogP contribution in [0.1, 0.15) is 27.8 Å². The van der Waals surface area contributed by atoms with E-state index >= 15 is 0 Å². The molecule has 0 saturated heterocycles. The van der Waals surface area contributed by atoms with Gasteiger partial charge in [-0.1, -0.05) is 17.3 Å². The summed E-state index contributed by atoms with van der Waals surface area (Å²) in [5, 5.41) is 9.55. The van der Waals surface area contributed by atoms with Gasteiger partial charge in [0.05, 0.1) is 6.61 Å². The largest absolute Gasteiger partial charge is 0.461 e. The second-order valence-electron chi connectivity index (χ2n) is 3.50. The Morgan fingerprint density at radius 2 is 2.32 bits per heavy atom. The van der Waals surface area contributed by atoms with Crippen molar-refractivity contribution in [3.63, 3.8) is 0 Å². The van der Waals surface area contributed by atoms with Crippen LogP contribution >= 0.6 is 0 Å². The highest BCUT2D eigenvalue weighted by Gasteiger charge is 2.19. The number of aldehydes is 1. The van der Waals surface area contributed by atoms with E-state index in [1.54, 1.807) is 25.1 Å². The van der Waals surface area contributed by atoms with Crippen molar-refractivity contribution < 1.29 is 19.1 Å². The van der Waals surface area contributed by atoms with Gasteiger partial charge in [0.2, 0.25) is 5.69 Å². The van der Waals surface area contributed by atoms with E-state index in [2.05, 4.69) is 15.4 Å². The Bertz CT molecular complexity index is 594. The zero-order chi connectivity index (χ0) is 13.7. The molecule has 2 aromatic rings. The molecule has 0 spiro atoms. The number of hydrogen-bond donors (Lipinski definition) is 1. The maximum Gasteiger partial charge on any atom is 0.364 e. The van der Waals surface area contributed by atoms with Crippen molar-refractivity contribution >= 4 is 12.3 Å². The van der Waals surface area contributed by atoms with Crippen molar-refractivity contribution in [1.29, 1.82) is 0 Å². The molecule has 0 aliphatic heterocycles. The lowest BCUT2D eigenvalue weighted by molar-refractivity contribution is 0.0516. The summed E-state index contributed by atoms with van der Waals surface area (Å²) in [5.41, 5.74) is 0.418. The normalized spacial score (nSPS) is 9.95. The number of carbonyl (C=O) groups is 2. The minimum absolute atomic E-state index is 0.0432. The van der Waals surface area contributed by atoms with Crippen LogP contribution in [0.4, 0.5) is 0 Å². The fourth-order valence-electron chi connectivity index (χ4n) is 1.39. The van der Waals surface area contributed by atoms with Gasteiger partial charge < -0.3 is 9.47 Å². The summed E-state index contributed by atoms with van der Waals surface area (Å²) in [5.74, 6) is -0.166. The predicted octanol–water partition coefficient (Wildman–Crippen LogP) is 1.59. The lowest BCUT2D eigenvalue weighted by atomic mass is 10.2. The first-order chi connectivity index (χ1) is 9.24. The molecule has 1 heterocycles. The van der Waals surface area contributed by atoms with Gasteiger partial charge in [-0.05, 0) is 19.1 Å². The van der Waals surface area contributed by atoms with Crippen molar-refractivity contribution in [2.24, 2.45) is 0 Å². The Kier molecular flexibility index (Phi) is 3.87. The van der Waals surface area contributed by atoms with Gasteiger partial charge in [0.1, 0.15) is 12.0 Å². The van der Waals surface area contributed by atoms with Crippen LogP contribution in [0.3, 0.4) is 0 Å². The molecule has 7 nitrogen and oxygen atoms in total. The van der Waals surface area contributed by atoms with Gasteiger partial charge in [-0.2, -0.15) is 0 Å². The molecule has 0 fully saturated rings. The smallest absolute Gasteiger partial charge is 0.364 e. The summed E-state index contributed by atoms with van der Waals surface area (Å²) >= 11 is 0. The maximum absolute atomic E-state index is 11.6. The standard InChI is InChI=1S/C12H11N3O4/c1-2-18-12(17)10-11(14-15-13-10)19-9-5-3-4-8(6-9)7-16/h3-7H,2H2,1H3,(H,13,14,15). The van der Waals surface area contributed by atoms with Crippen molar-refractivity contribution in [2.75, 3.05) is 6.61 Å². The van der Waals surface area contributed by atoms with Gasteiger partial charge in [0.25, 0.3) is 5.88 Å². The maximum atomic E-state index is 11.6. The van der Waals surface area contributed by atoms with Crippen molar-refractivity contribution in [3.8, 4) is 11.6 Å². The number of benzene rings is 1. The highest BCUT2D eigenvalue weighted by molar-refractivity contribution is 5.89. The number of carbonyl (C=O) groups excluding carboxylic acids is 2. The van der Waals surface area contributed by atoms with E-state index in [1.165, 1.54) is 6.07 Å². The molecule has 0 bridgehead atoms. The first-order valence-corrected chi connectivity index (χ1v) is 5.56. The SMILES string of the molecule is CCOC(=O)c1nn[nH]c1Oc1cccc(C=O)c1. The average molecular weight is 261 g/mol. The molecule has 19 heavy (non-hydrogen) atoms. The van der Waals surface area contributed by atoms with Gasteiger partial charge in [-0.25, -0.2) is 9.89 Å². The predicted molar refractivity (Wildman–Crippen MR) is 64.2 cm³/mol. The quantitative estimate of drug-likeness (QED) is 0.648. The molecule has 1 N–H and O–H groups in total. The number of nitrogens with one attached hydrogen (secondary N) is 1. The molecule has 2 rings (SSSR count). The monoisotopic (exact) mass is 261 g/mol. The second-order valence-corrected chi connectivity index (χ2v) is 3.50. The van der Waals surface area contributed by atoms with Crippen LogP contribution in [-0.4, -0.2) is 34.3 Å². The van der Waals surface area contributed by atoms with E-state index in [1.807, 2.05) is 0 Å². The lowest BCUT2D eigenvalue weighted by Gasteiger charge is -2.04. The van der Waals surface area contributed by atoms with Gasteiger partial charge >= 0.3 is 5.97 Å². The molecule has 0 unspecified atom stereocenters. The molecular formula is C12H11N3O4.